The molecule has 4 bridgehead atoms. The molecule has 4 aliphatic carbocycles. The maximum Gasteiger partial charge on any atom is 0.320 e. The van der Waals surface area contributed by atoms with Crippen molar-refractivity contribution < 1.29 is 14.6 Å². The molecular formula is C12H19NO3. The molecule has 0 radical (unpaired) electrons. The monoisotopic (exact) mass is 225 g/mol. The molecule has 0 amide bonds. The van der Waals surface area contributed by atoms with Crippen LogP contribution in [0.4, 0.5) is 0 Å². The van der Waals surface area contributed by atoms with Crippen molar-refractivity contribution in [3.63, 3.8) is 0 Å². The average molecular weight is 225 g/mol. The molecule has 0 aromatic heterocycles. The molecule has 0 unspecified atom stereocenters. The first-order valence-corrected chi connectivity index (χ1v) is 6.17. The maximum atomic E-state index is 11.4. The van der Waals surface area contributed by atoms with Crippen LogP contribution >= 0.6 is 0 Å². The summed E-state index contributed by atoms with van der Waals surface area (Å²) in [5.74, 6) is 0.749. The second kappa shape index (κ2) is 3.20. The van der Waals surface area contributed by atoms with Crippen LogP contribution in [0.5, 0.6) is 0 Å². The SMILES string of the molecule is NCC(=O)OC12C[C@@H]3C[C@H](CC(O)(C3)C1)C2. The first kappa shape index (κ1) is 10.5. The molecule has 4 aliphatic rings. The van der Waals surface area contributed by atoms with Crippen LogP contribution in [0.3, 0.4) is 0 Å². The lowest BCUT2D eigenvalue weighted by Gasteiger charge is -2.59. The van der Waals surface area contributed by atoms with E-state index in [4.69, 9.17) is 10.5 Å². The summed E-state index contributed by atoms with van der Waals surface area (Å²) < 4.78 is 5.54. The fraction of sp³-hybridized carbons (Fsp3) is 0.917. The van der Waals surface area contributed by atoms with E-state index in [1.165, 1.54) is 6.42 Å². The highest BCUT2D eigenvalue weighted by Crippen LogP contribution is 2.58. The molecule has 0 saturated heterocycles. The second-order valence-corrected chi connectivity index (χ2v) is 6.05. The maximum absolute atomic E-state index is 11.4. The van der Waals surface area contributed by atoms with Gasteiger partial charge in [-0.05, 0) is 43.9 Å². The molecule has 2 atom stereocenters. The van der Waals surface area contributed by atoms with E-state index in [0.29, 0.717) is 18.3 Å². The van der Waals surface area contributed by atoms with Crippen molar-refractivity contribution in [1.29, 1.82) is 0 Å². The quantitative estimate of drug-likeness (QED) is 0.674. The summed E-state index contributed by atoms with van der Waals surface area (Å²) in [7, 11) is 0. The number of hydrogen-bond acceptors (Lipinski definition) is 4. The van der Waals surface area contributed by atoms with Gasteiger partial charge >= 0.3 is 5.97 Å². The molecule has 0 aromatic carbocycles. The van der Waals surface area contributed by atoms with Crippen LogP contribution in [0, 0.1) is 11.8 Å². The normalized spacial score (nSPS) is 49.4. The molecule has 0 spiro atoms. The molecule has 0 aliphatic heterocycles. The van der Waals surface area contributed by atoms with Gasteiger partial charge in [0.05, 0.1) is 12.1 Å². The number of hydrogen-bond donors (Lipinski definition) is 2. The van der Waals surface area contributed by atoms with Crippen molar-refractivity contribution in [2.45, 2.75) is 49.7 Å². The van der Waals surface area contributed by atoms with Crippen molar-refractivity contribution in [3.05, 3.63) is 0 Å². The van der Waals surface area contributed by atoms with Gasteiger partial charge in [-0.2, -0.15) is 0 Å². The number of aliphatic hydroxyl groups is 1. The Hall–Kier alpha value is -0.610. The molecule has 4 fully saturated rings. The smallest absolute Gasteiger partial charge is 0.320 e. The summed E-state index contributed by atoms with van der Waals surface area (Å²) >= 11 is 0. The van der Waals surface area contributed by atoms with E-state index >= 15 is 0 Å². The molecule has 0 aromatic rings. The minimum absolute atomic E-state index is 0.0600. The zero-order chi connectivity index (χ0) is 11.4. The summed E-state index contributed by atoms with van der Waals surface area (Å²) in [6.07, 6.45) is 5.47. The highest BCUT2D eigenvalue weighted by atomic mass is 16.6. The van der Waals surface area contributed by atoms with Gasteiger partial charge in [-0.25, -0.2) is 0 Å². The third kappa shape index (κ3) is 1.55. The standard InChI is InChI=1S/C12H19NO3/c13-6-10(14)16-12-4-8-1-9(5-12)3-11(15,2-8)7-12/h8-9,15H,1-7,13H2/t8-,9-,11?,12?/m1/s1. The Kier molecular flexibility index (Phi) is 2.11. The molecule has 4 heteroatoms. The van der Waals surface area contributed by atoms with Crippen molar-refractivity contribution >= 4 is 5.97 Å². The van der Waals surface area contributed by atoms with Gasteiger partial charge in [0.25, 0.3) is 0 Å². The minimum Gasteiger partial charge on any atom is -0.458 e. The van der Waals surface area contributed by atoms with Crippen LogP contribution in [-0.4, -0.2) is 28.8 Å². The van der Waals surface area contributed by atoms with E-state index < -0.39 is 11.2 Å². The Labute approximate surface area is 95.1 Å². The van der Waals surface area contributed by atoms with Crippen molar-refractivity contribution in [1.82, 2.24) is 0 Å². The first-order chi connectivity index (χ1) is 7.53. The van der Waals surface area contributed by atoms with Gasteiger partial charge in [0.1, 0.15) is 5.60 Å². The van der Waals surface area contributed by atoms with E-state index in [9.17, 15) is 9.90 Å². The van der Waals surface area contributed by atoms with Gasteiger partial charge in [-0.3, -0.25) is 4.79 Å². The fourth-order valence-electron chi connectivity index (χ4n) is 4.53. The predicted octanol–water partition coefficient (Wildman–Crippen LogP) is 0.572. The van der Waals surface area contributed by atoms with Crippen LogP contribution in [0.15, 0.2) is 0 Å². The highest BCUT2D eigenvalue weighted by Gasteiger charge is 2.59. The molecule has 16 heavy (non-hydrogen) atoms. The molecular weight excluding hydrogens is 206 g/mol. The lowest BCUT2D eigenvalue weighted by atomic mass is 9.52. The Bertz CT molecular complexity index is 314. The van der Waals surface area contributed by atoms with Crippen molar-refractivity contribution in [3.8, 4) is 0 Å². The summed E-state index contributed by atoms with van der Waals surface area (Å²) in [5, 5.41) is 10.4. The Morgan fingerprint density at radius 2 is 1.94 bits per heavy atom. The van der Waals surface area contributed by atoms with Crippen molar-refractivity contribution in [2.24, 2.45) is 17.6 Å². The fourth-order valence-corrected chi connectivity index (χ4v) is 4.53. The summed E-state index contributed by atoms with van der Waals surface area (Å²) in [4.78, 5) is 11.4. The van der Waals surface area contributed by atoms with E-state index in [2.05, 4.69) is 0 Å². The third-order valence-electron chi connectivity index (χ3n) is 4.47. The zero-order valence-electron chi connectivity index (χ0n) is 9.45. The predicted molar refractivity (Wildman–Crippen MR) is 57.5 cm³/mol. The summed E-state index contributed by atoms with van der Waals surface area (Å²) in [6, 6.07) is 0. The number of nitrogens with two attached hydrogens (primary N) is 1. The van der Waals surface area contributed by atoms with Crippen LogP contribution in [0.2, 0.25) is 0 Å². The van der Waals surface area contributed by atoms with Gasteiger partial charge in [-0.1, -0.05) is 0 Å². The average Bonchev–Trinajstić information content (AvgIpc) is 2.12. The van der Waals surface area contributed by atoms with Crippen LogP contribution in [0.1, 0.15) is 38.5 Å². The van der Waals surface area contributed by atoms with Gasteiger partial charge < -0.3 is 15.6 Å². The topological polar surface area (TPSA) is 72.6 Å². The molecule has 0 heterocycles. The summed E-state index contributed by atoms with van der Waals surface area (Å²) in [6.45, 7) is -0.0600. The van der Waals surface area contributed by atoms with Crippen molar-refractivity contribution in [2.75, 3.05) is 6.54 Å². The lowest BCUT2D eigenvalue weighted by Crippen LogP contribution is -2.60. The number of esters is 1. The summed E-state index contributed by atoms with van der Waals surface area (Å²) in [5.41, 5.74) is 4.33. The largest absolute Gasteiger partial charge is 0.458 e. The van der Waals surface area contributed by atoms with Crippen LogP contribution < -0.4 is 5.73 Å². The Morgan fingerprint density at radius 1 is 1.31 bits per heavy atom. The molecule has 4 rings (SSSR count). The number of carbonyl (C=O) groups excluding carboxylic acids is 1. The van der Waals surface area contributed by atoms with E-state index in [1.54, 1.807) is 0 Å². The van der Waals surface area contributed by atoms with E-state index in [0.717, 1.165) is 25.7 Å². The zero-order valence-corrected chi connectivity index (χ0v) is 9.45. The first-order valence-electron chi connectivity index (χ1n) is 6.17. The highest BCUT2D eigenvalue weighted by molar-refractivity contribution is 5.72. The molecule has 4 saturated carbocycles. The molecule has 90 valence electrons. The molecule has 4 nitrogen and oxygen atoms in total. The molecule has 3 N–H and O–H groups in total. The van der Waals surface area contributed by atoms with E-state index in [-0.39, 0.29) is 12.5 Å². The number of ether oxygens (including phenoxy) is 1. The Balaban J connectivity index is 1.83. The van der Waals surface area contributed by atoms with Gasteiger partial charge in [-0.15, -0.1) is 0 Å². The minimum atomic E-state index is -0.570. The number of carbonyl (C=O) groups is 1. The van der Waals surface area contributed by atoms with Gasteiger partial charge in [0.15, 0.2) is 0 Å². The lowest BCUT2D eigenvalue weighted by molar-refractivity contribution is -0.218. The second-order valence-electron chi connectivity index (χ2n) is 6.05. The van der Waals surface area contributed by atoms with Gasteiger partial charge in [0, 0.05) is 6.42 Å². The van der Waals surface area contributed by atoms with E-state index in [1.807, 2.05) is 0 Å². The third-order valence-corrected chi connectivity index (χ3v) is 4.47. The van der Waals surface area contributed by atoms with Gasteiger partial charge in [0.2, 0.25) is 0 Å². The van der Waals surface area contributed by atoms with Crippen LogP contribution in [0.25, 0.3) is 0 Å². The van der Waals surface area contributed by atoms with Crippen LogP contribution in [-0.2, 0) is 9.53 Å². The number of rotatable bonds is 2. The Morgan fingerprint density at radius 3 is 2.44 bits per heavy atom.